The third kappa shape index (κ3) is 5.79. The van der Waals surface area contributed by atoms with Crippen LogP contribution in [0.3, 0.4) is 0 Å². The predicted molar refractivity (Wildman–Crippen MR) is 110 cm³/mol. The molecule has 1 aliphatic heterocycles. The van der Waals surface area contributed by atoms with Gasteiger partial charge in [-0.25, -0.2) is 0 Å². The fourth-order valence-corrected chi connectivity index (χ4v) is 3.33. The highest BCUT2D eigenvalue weighted by Crippen LogP contribution is 2.19. The average molecular weight is 397 g/mol. The molecule has 0 radical (unpaired) electrons. The zero-order valence-corrected chi connectivity index (χ0v) is 16.6. The summed E-state index contributed by atoms with van der Waals surface area (Å²) in [6.07, 6.45) is 0.956. The number of phenols is 1. The van der Waals surface area contributed by atoms with Gasteiger partial charge < -0.3 is 25.4 Å². The summed E-state index contributed by atoms with van der Waals surface area (Å²) in [5, 5.41) is 15.7. The van der Waals surface area contributed by atoms with Gasteiger partial charge in [-0.1, -0.05) is 18.2 Å². The molecule has 0 bridgehead atoms. The Morgan fingerprint density at radius 2 is 2.07 bits per heavy atom. The Morgan fingerprint density at radius 3 is 2.86 bits per heavy atom. The summed E-state index contributed by atoms with van der Waals surface area (Å²) < 4.78 is 5.35. The van der Waals surface area contributed by atoms with Crippen LogP contribution in [-0.4, -0.2) is 48.1 Å². The van der Waals surface area contributed by atoms with Gasteiger partial charge in [0.2, 0.25) is 0 Å². The van der Waals surface area contributed by atoms with Crippen molar-refractivity contribution in [1.29, 1.82) is 0 Å². The highest BCUT2D eigenvalue weighted by Gasteiger charge is 2.23. The lowest BCUT2D eigenvalue weighted by Crippen LogP contribution is -2.41. The molecule has 154 valence electrons. The van der Waals surface area contributed by atoms with Crippen LogP contribution >= 0.6 is 0 Å². The van der Waals surface area contributed by atoms with Gasteiger partial charge in [0.1, 0.15) is 5.75 Å². The van der Waals surface area contributed by atoms with Gasteiger partial charge in [0.05, 0.1) is 6.61 Å². The third-order valence-corrected chi connectivity index (χ3v) is 4.83. The number of carbonyl (C=O) groups excluding carboxylic acids is 2. The summed E-state index contributed by atoms with van der Waals surface area (Å²) in [7, 11) is 0. The number of amides is 2. The van der Waals surface area contributed by atoms with Gasteiger partial charge in [-0.15, -0.1) is 0 Å². The van der Waals surface area contributed by atoms with E-state index in [0.29, 0.717) is 18.9 Å². The van der Waals surface area contributed by atoms with Crippen molar-refractivity contribution in [2.45, 2.75) is 26.4 Å². The van der Waals surface area contributed by atoms with Crippen LogP contribution in [0.5, 0.6) is 5.75 Å². The van der Waals surface area contributed by atoms with Gasteiger partial charge in [-0.3, -0.25) is 9.59 Å². The van der Waals surface area contributed by atoms with Crippen molar-refractivity contribution in [3.8, 4) is 5.75 Å². The van der Waals surface area contributed by atoms with E-state index in [1.165, 1.54) is 10.5 Å². The molecule has 2 amide bonds. The lowest BCUT2D eigenvalue weighted by atomic mass is 10.0. The van der Waals surface area contributed by atoms with E-state index < -0.39 is 11.8 Å². The average Bonchev–Trinajstić information content (AvgIpc) is 2.72. The Balaban J connectivity index is 1.69. The van der Waals surface area contributed by atoms with Crippen molar-refractivity contribution >= 4 is 17.5 Å². The molecule has 0 unspecified atom stereocenters. The number of fused-ring (bicyclic) bond motifs is 1. The maximum atomic E-state index is 12.8. The summed E-state index contributed by atoms with van der Waals surface area (Å²) in [4.78, 5) is 26.8. The molecule has 2 aromatic rings. The molecule has 0 saturated heterocycles. The van der Waals surface area contributed by atoms with Crippen LogP contribution in [0, 0.1) is 0 Å². The van der Waals surface area contributed by atoms with E-state index in [4.69, 9.17) is 4.74 Å². The second kappa shape index (κ2) is 10.0. The first-order valence-electron chi connectivity index (χ1n) is 9.85. The number of benzene rings is 2. The Morgan fingerprint density at radius 1 is 1.21 bits per heavy atom. The molecule has 3 rings (SSSR count). The summed E-state index contributed by atoms with van der Waals surface area (Å²) in [6.45, 7) is 4.93. The first-order valence-corrected chi connectivity index (χ1v) is 9.85. The fourth-order valence-electron chi connectivity index (χ4n) is 3.33. The smallest absolute Gasteiger partial charge is 0.313 e. The van der Waals surface area contributed by atoms with Gasteiger partial charge in [-0.2, -0.15) is 0 Å². The molecule has 0 aliphatic carbocycles. The molecule has 29 heavy (non-hydrogen) atoms. The molecule has 0 aromatic heterocycles. The van der Waals surface area contributed by atoms with Crippen LogP contribution < -0.4 is 10.6 Å². The van der Waals surface area contributed by atoms with Gasteiger partial charge in [0.15, 0.2) is 0 Å². The van der Waals surface area contributed by atoms with Gasteiger partial charge in [-0.05, 0) is 60.8 Å². The molecule has 0 fully saturated rings. The standard InChI is InChI=1S/C22H27N3O4/c1-2-29-11-10-25(15-16-4-3-5-20(26)12-16)22(28)21(27)24-19-7-6-17-8-9-23-14-18(17)13-19/h3-7,12-13,23,26H,2,8-11,14-15H2,1H3,(H,24,27). The second-order valence-electron chi connectivity index (χ2n) is 6.96. The summed E-state index contributed by atoms with van der Waals surface area (Å²) in [5.41, 5.74) is 3.74. The quantitative estimate of drug-likeness (QED) is 0.491. The molecule has 0 saturated carbocycles. The van der Waals surface area contributed by atoms with E-state index in [1.807, 2.05) is 25.1 Å². The Bertz CT molecular complexity index is 869. The number of phenolic OH excluding ortho intramolecular Hbond substituents is 1. The maximum Gasteiger partial charge on any atom is 0.313 e. The van der Waals surface area contributed by atoms with Crippen LogP contribution in [0.1, 0.15) is 23.6 Å². The molecule has 7 nitrogen and oxygen atoms in total. The van der Waals surface area contributed by atoms with Crippen molar-refractivity contribution in [1.82, 2.24) is 10.2 Å². The lowest BCUT2D eigenvalue weighted by Gasteiger charge is -2.23. The van der Waals surface area contributed by atoms with Crippen LogP contribution in [0.25, 0.3) is 0 Å². The van der Waals surface area contributed by atoms with E-state index >= 15 is 0 Å². The van der Waals surface area contributed by atoms with E-state index in [2.05, 4.69) is 10.6 Å². The Hall–Kier alpha value is -2.90. The van der Waals surface area contributed by atoms with Crippen molar-refractivity contribution in [2.75, 3.05) is 31.6 Å². The van der Waals surface area contributed by atoms with Crippen LogP contribution in [0.4, 0.5) is 5.69 Å². The molecule has 7 heteroatoms. The first kappa shape index (κ1) is 20.8. The first-order chi connectivity index (χ1) is 14.1. The third-order valence-electron chi connectivity index (χ3n) is 4.83. The molecule has 1 aliphatic rings. The van der Waals surface area contributed by atoms with E-state index in [1.54, 1.807) is 24.3 Å². The number of nitrogens with one attached hydrogen (secondary N) is 2. The van der Waals surface area contributed by atoms with Crippen LogP contribution in [0.15, 0.2) is 42.5 Å². The Kier molecular flexibility index (Phi) is 7.21. The molecular weight excluding hydrogens is 370 g/mol. The number of hydrogen-bond acceptors (Lipinski definition) is 5. The number of rotatable bonds is 7. The number of anilines is 1. The summed E-state index contributed by atoms with van der Waals surface area (Å²) in [6, 6.07) is 12.4. The minimum absolute atomic E-state index is 0.117. The normalized spacial score (nSPS) is 12.9. The number of aromatic hydroxyl groups is 1. The molecule has 1 heterocycles. The SMILES string of the molecule is CCOCCN(Cc1cccc(O)c1)C(=O)C(=O)Nc1ccc2c(c1)CNCC2. The molecule has 0 spiro atoms. The molecule has 0 atom stereocenters. The number of hydrogen-bond donors (Lipinski definition) is 3. The zero-order chi connectivity index (χ0) is 20.6. The van der Waals surface area contributed by atoms with E-state index in [-0.39, 0.29) is 18.8 Å². The van der Waals surface area contributed by atoms with E-state index in [9.17, 15) is 14.7 Å². The van der Waals surface area contributed by atoms with Gasteiger partial charge in [0.25, 0.3) is 0 Å². The number of nitrogens with zero attached hydrogens (tertiary/aromatic N) is 1. The van der Waals surface area contributed by atoms with E-state index in [0.717, 1.165) is 30.6 Å². The monoisotopic (exact) mass is 397 g/mol. The second-order valence-corrected chi connectivity index (χ2v) is 6.96. The predicted octanol–water partition coefficient (Wildman–Crippen LogP) is 2.04. The lowest BCUT2D eigenvalue weighted by molar-refractivity contribution is -0.144. The minimum Gasteiger partial charge on any atom is -0.508 e. The Labute approximate surface area is 170 Å². The van der Waals surface area contributed by atoms with Crippen LogP contribution in [0.2, 0.25) is 0 Å². The van der Waals surface area contributed by atoms with Crippen molar-refractivity contribution in [3.63, 3.8) is 0 Å². The topological polar surface area (TPSA) is 90.9 Å². The minimum atomic E-state index is -0.689. The maximum absolute atomic E-state index is 12.8. The highest BCUT2D eigenvalue weighted by molar-refractivity contribution is 6.39. The number of ether oxygens (including phenoxy) is 1. The number of carbonyl (C=O) groups is 2. The molecular formula is C22H27N3O4. The fraction of sp³-hybridized carbons (Fsp3) is 0.364. The van der Waals surface area contributed by atoms with Crippen molar-refractivity contribution < 1.29 is 19.4 Å². The van der Waals surface area contributed by atoms with Gasteiger partial charge in [0, 0.05) is 31.9 Å². The van der Waals surface area contributed by atoms with Crippen LogP contribution in [-0.2, 0) is 33.8 Å². The van der Waals surface area contributed by atoms with Crippen molar-refractivity contribution in [2.24, 2.45) is 0 Å². The summed E-state index contributed by atoms with van der Waals surface area (Å²) >= 11 is 0. The summed E-state index contributed by atoms with van der Waals surface area (Å²) in [5.74, 6) is -1.21. The van der Waals surface area contributed by atoms with Gasteiger partial charge >= 0.3 is 11.8 Å². The largest absolute Gasteiger partial charge is 0.508 e. The highest BCUT2D eigenvalue weighted by atomic mass is 16.5. The zero-order valence-electron chi connectivity index (χ0n) is 16.6. The van der Waals surface area contributed by atoms with Crippen molar-refractivity contribution in [3.05, 3.63) is 59.2 Å². The molecule has 2 aromatic carbocycles. The molecule has 3 N–H and O–H groups in total.